The van der Waals surface area contributed by atoms with Crippen LogP contribution in [0.15, 0.2) is 6.20 Å². The lowest BCUT2D eigenvalue weighted by atomic mass is 9.93. The molecule has 5 nitrogen and oxygen atoms in total. The molecule has 108 valence electrons. The maximum Gasteiger partial charge on any atom is 0.271 e. The lowest BCUT2D eigenvalue weighted by molar-refractivity contribution is 0.0912. The van der Waals surface area contributed by atoms with Gasteiger partial charge in [-0.15, -0.1) is 24.8 Å². The van der Waals surface area contributed by atoms with Gasteiger partial charge in [0.1, 0.15) is 11.5 Å². The van der Waals surface area contributed by atoms with Crippen molar-refractivity contribution in [2.24, 2.45) is 0 Å². The second-order valence-electron chi connectivity index (χ2n) is 4.84. The van der Waals surface area contributed by atoms with Gasteiger partial charge in [-0.1, -0.05) is 0 Å². The third-order valence-corrected chi connectivity index (χ3v) is 3.59. The minimum atomic E-state index is -0.0109. The van der Waals surface area contributed by atoms with Gasteiger partial charge in [-0.3, -0.25) is 4.79 Å². The Morgan fingerprint density at radius 3 is 2.84 bits per heavy atom. The highest BCUT2D eigenvalue weighted by molar-refractivity contribution is 5.92. The molecule has 0 radical (unpaired) electrons. The normalized spacial score (nSPS) is 18.1. The van der Waals surface area contributed by atoms with Crippen LogP contribution in [-0.2, 0) is 13.0 Å². The van der Waals surface area contributed by atoms with E-state index in [4.69, 9.17) is 0 Å². The van der Waals surface area contributed by atoms with Crippen LogP contribution < -0.4 is 10.6 Å². The molecule has 1 saturated carbocycles. The molecule has 1 aromatic heterocycles. The second-order valence-corrected chi connectivity index (χ2v) is 4.84. The Kier molecular flexibility index (Phi) is 6.10. The smallest absolute Gasteiger partial charge is 0.271 e. The number of aromatic nitrogens is 2. The highest BCUT2D eigenvalue weighted by atomic mass is 35.5. The molecule has 1 fully saturated rings. The SMILES string of the molecule is Cl.Cl.O=C(NC1CCC1)c1cn2c(n1)CCNCC2. The van der Waals surface area contributed by atoms with Gasteiger partial charge < -0.3 is 15.2 Å². The first-order valence-electron chi connectivity index (χ1n) is 6.40. The number of rotatable bonds is 2. The minimum absolute atomic E-state index is 0. The van der Waals surface area contributed by atoms with E-state index < -0.39 is 0 Å². The van der Waals surface area contributed by atoms with Crippen molar-refractivity contribution < 1.29 is 4.79 Å². The molecule has 0 atom stereocenters. The van der Waals surface area contributed by atoms with Crippen LogP contribution >= 0.6 is 24.8 Å². The highest BCUT2D eigenvalue weighted by Crippen LogP contribution is 2.18. The van der Waals surface area contributed by atoms with E-state index in [2.05, 4.69) is 20.2 Å². The number of nitrogens with zero attached hydrogens (tertiary/aromatic N) is 2. The first kappa shape index (κ1) is 16.3. The lowest BCUT2D eigenvalue weighted by Crippen LogP contribution is -2.39. The number of carbonyl (C=O) groups is 1. The number of hydrogen-bond acceptors (Lipinski definition) is 3. The van der Waals surface area contributed by atoms with Crippen molar-refractivity contribution in [3.05, 3.63) is 17.7 Å². The van der Waals surface area contributed by atoms with Crippen LogP contribution in [0.3, 0.4) is 0 Å². The van der Waals surface area contributed by atoms with Crippen LogP contribution in [-0.4, -0.2) is 34.6 Å². The molecular formula is C12H20Cl2N4O. The molecule has 1 aliphatic heterocycles. The standard InChI is InChI=1S/C12H18N4O.2ClH/c17-12(14-9-2-1-3-9)10-8-16-7-6-13-5-4-11(16)15-10;;/h8-9,13H,1-7H2,(H,14,17);2*1H. The summed E-state index contributed by atoms with van der Waals surface area (Å²) in [5.74, 6) is 1.01. The molecule has 19 heavy (non-hydrogen) atoms. The van der Waals surface area contributed by atoms with Crippen LogP contribution in [0, 0.1) is 0 Å². The fourth-order valence-electron chi connectivity index (χ4n) is 2.29. The third kappa shape index (κ3) is 3.61. The zero-order valence-electron chi connectivity index (χ0n) is 10.7. The number of hydrogen-bond donors (Lipinski definition) is 2. The lowest BCUT2D eigenvalue weighted by Gasteiger charge is -2.25. The van der Waals surface area contributed by atoms with Gasteiger partial charge in [0.2, 0.25) is 0 Å². The number of nitrogens with one attached hydrogen (secondary N) is 2. The molecule has 1 amide bonds. The Balaban J connectivity index is 0.000000902. The van der Waals surface area contributed by atoms with E-state index in [1.807, 2.05) is 6.20 Å². The van der Waals surface area contributed by atoms with Gasteiger partial charge in [0, 0.05) is 38.3 Å². The number of amides is 1. The molecule has 0 saturated heterocycles. The van der Waals surface area contributed by atoms with E-state index >= 15 is 0 Å². The average molecular weight is 307 g/mol. The molecule has 2 aliphatic rings. The van der Waals surface area contributed by atoms with E-state index in [0.717, 1.165) is 44.7 Å². The first-order chi connectivity index (χ1) is 8.33. The maximum atomic E-state index is 11.9. The Bertz CT molecular complexity index is 408. The van der Waals surface area contributed by atoms with Crippen LogP contribution in [0.5, 0.6) is 0 Å². The largest absolute Gasteiger partial charge is 0.348 e. The van der Waals surface area contributed by atoms with Crippen molar-refractivity contribution in [2.75, 3.05) is 13.1 Å². The molecule has 2 N–H and O–H groups in total. The summed E-state index contributed by atoms with van der Waals surface area (Å²) >= 11 is 0. The molecule has 1 aromatic rings. The van der Waals surface area contributed by atoms with Crippen molar-refractivity contribution in [1.29, 1.82) is 0 Å². The number of imidazole rings is 1. The second kappa shape index (κ2) is 7.12. The van der Waals surface area contributed by atoms with Gasteiger partial charge in [0.25, 0.3) is 5.91 Å². The summed E-state index contributed by atoms with van der Waals surface area (Å²) in [4.78, 5) is 16.4. The summed E-state index contributed by atoms with van der Waals surface area (Å²) in [6, 6.07) is 0.380. The molecule has 0 unspecified atom stereocenters. The Hall–Kier alpha value is -0.780. The summed E-state index contributed by atoms with van der Waals surface area (Å²) in [7, 11) is 0. The van der Waals surface area contributed by atoms with Crippen LogP contribution in [0.25, 0.3) is 0 Å². The molecule has 0 aromatic carbocycles. The summed E-state index contributed by atoms with van der Waals surface area (Å²) in [5.41, 5.74) is 0.578. The van der Waals surface area contributed by atoms with Crippen molar-refractivity contribution in [1.82, 2.24) is 20.2 Å². The third-order valence-electron chi connectivity index (χ3n) is 3.59. The first-order valence-corrected chi connectivity index (χ1v) is 6.40. The Labute approximate surface area is 125 Å². The fraction of sp³-hybridized carbons (Fsp3) is 0.667. The van der Waals surface area contributed by atoms with Crippen molar-refractivity contribution in [2.45, 2.75) is 38.3 Å². The van der Waals surface area contributed by atoms with Gasteiger partial charge in [-0.05, 0) is 19.3 Å². The topological polar surface area (TPSA) is 59.0 Å². The highest BCUT2D eigenvalue weighted by Gasteiger charge is 2.22. The molecule has 0 bridgehead atoms. The summed E-state index contributed by atoms with van der Waals surface area (Å²) in [5, 5.41) is 6.35. The van der Waals surface area contributed by atoms with Crippen molar-refractivity contribution in [3.63, 3.8) is 0 Å². The number of halogens is 2. The zero-order chi connectivity index (χ0) is 11.7. The fourth-order valence-corrected chi connectivity index (χ4v) is 2.29. The predicted octanol–water partition coefficient (Wildman–Crippen LogP) is 1.15. The van der Waals surface area contributed by atoms with Gasteiger partial charge in [-0.25, -0.2) is 4.98 Å². The molecular weight excluding hydrogens is 287 g/mol. The molecule has 2 heterocycles. The van der Waals surface area contributed by atoms with Crippen LogP contribution in [0.4, 0.5) is 0 Å². The summed E-state index contributed by atoms with van der Waals surface area (Å²) < 4.78 is 2.09. The quantitative estimate of drug-likeness (QED) is 0.862. The van der Waals surface area contributed by atoms with E-state index in [9.17, 15) is 4.79 Å². The number of carbonyl (C=O) groups excluding carboxylic acids is 1. The zero-order valence-corrected chi connectivity index (χ0v) is 12.4. The van der Waals surface area contributed by atoms with E-state index in [0.29, 0.717) is 11.7 Å². The maximum absolute atomic E-state index is 11.9. The molecule has 3 rings (SSSR count). The molecule has 1 aliphatic carbocycles. The van der Waals surface area contributed by atoms with E-state index in [1.165, 1.54) is 6.42 Å². The van der Waals surface area contributed by atoms with Crippen LogP contribution in [0.2, 0.25) is 0 Å². The van der Waals surface area contributed by atoms with Gasteiger partial charge in [0.05, 0.1) is 0 Å². The Morgan fingerprint density at radius 1 is 1.37 bits per heavy atom. The molecule has 7 heteroatoms. The minimum Gasteiger partial charge on any atom is -0.348 e. The van der Waals surface area contributed by atoms with Crippen LogP contribution in [0.1, 0.15) is 35.6 Å². The number of fused-ring (bicyclic) bond motifs is 1. The van der Waals surface area contributed by atoms with Crippen molar-refractivity contribution in [3.8, 4) is 0 Å². The monoisotopic (exact) mass is 306 g/mol. The molecule has 0 spiro atoms. The predicted molar refractivity (Wildman–Crippen MR) is 78.4 cm³/mol. The van der Waals surface area contributed by atoms with Gasteiger partial charge in [0.15, 0.2) is 0 Å². The van der Waals surface area contributed by atoms with E-state index in [-0.39, 0.29) is 30.7 Å². The Morgan fingerprint density at radius 2 is 2.16 bits per heavy atom. The summed E-state index contributed by atoms with van der Waals surface area (Å²) in [6.45, 7) is 2.80. The summed E-state index contributed by atoms with van der Waals surface area (Å²) in [6.07, 6.45) is 6.25. The van der Waals surface area contributed by atoms with Crippen molar-refractivity contribution >= 4 is 30.7 Å². The van der Waals surface area contributed by atoms with Gasteiger partial charge in [-0.2, -0.15) is 0 Å². The van der Waals surface area contributed by atoms with Gasteiger partial charge >= 0.3 is 0 Å². The van der Waals surface area contributed by atoms with E-state index in [1.54, 1.807) is 0 Å². The average Bonchev–Trinajstić information content (AvgIpc) is 2.55.